The third-order valence-corrected chi connectivity index (χ3v) is 3.50. The fourth-order valence-corrected chi connectivity index (χ4v) is 2.55. The number of hydrogen-bond acceptors (Lipinski definition) is 5. The number of nitro groups is 1. The molecule has 0 bridgehead atoms. The van der Waals surface area contributed by atoms with Gasteiger partial charge in [0.2, 0.25) is 0 Å². The summed E-state index contributed by atoms with van der Waals surface area (Å²) in [6.45, 7) is 1.45. The van der Waals surface area contributed by atoms with Crippen molar-refractivity contribution < 1.29 is 14.8 Å². The summed E-state index contributed by atoms with van der Waals surface area (Å²) in [5.41, 5.74) is -0.122. The largest absolute Gasteiger partial charge is 0.478 e. The lowest BCUT2D eigenvalue weighted by Crippen LogP contribution is -2.35. The minimum atomic E-state index is -1.18. The molecule has 0 radical (unpaired) electrons. The van der Waals surface area contributed by atoms with Crippen molar-refractivity contribution >= 4 is 17.3 Å². The Morgan fingerprint density at radius 1 is 1.38 bits per heavy atom. The number of fused-ring (bicyclic) bond motifs is 1. The molecular weight excluding hydrogens is 276 g/mol. The van der Waals surface area contributed by atoms with Crippen LogP contribution in [0, 0.1) is 10.1 Å². The number of carbonyl (C=O) groups is 1. The van der Waals surface area contributed by atoms with Crippen LogP contribution in [0.25, 0.3) is 0 Å². The van der Waals surface area contributed by atoms with Gasteiger partial charge in [-0.1, -0.05) is 6.07 Å². The molecule has 0 saturated heterocycles. The van der Waals surface area contributed by atoms with Crippen molar-refractivity contribution in [2.24, 2.45) is 0 Å². The minimum Gasteiger partial charge on any atom is -0.478 e. The van der Waals surface area contributed by atoms with Crippen LogP contribution in [0.15, 0.2) is 30.6 Å². The van der Waals surface area contributed by atoms with E-state index in [1.165, 1.54) is 18.2 Å². The summed E-state index contributed by atoms with van der Waals surface area (Å²) in [6.07, 6.45) is 3.50. The molecule has 0 saturated carbocycles. The standard InChI is InChI=1S/C13H12N4O4/c18-13(19)9-2-1-3-10(17(20)21)12(9)16-7-6-15-5-4-14-11(15)8-16/h1-5H,6-8H2,(H,18,19). The number of hydrogen-bond donors (Lipinski definition) is 1. The van der Waals surface area contributed by atoms with Crippen LogP contribution < -0.4 is 4.90 Å². The molecule has 2 heterocycles. The normalized spacial score (nSPS) is 13.8. The average Bonchev–Trinajstić information content (AvgIpc) is 2.93. The molecule has 0 amide bonds. The highest BCUT2D eigenvalue weighted by atomic mass is 16.6. The first-order chi connectivity index (χ1) is 10.1. The number of carboxylic acids is 1. The van der Waals surface area contributed by atoms with E-state index in [1.54, 1.807) is 11.1 Å². The van der Waals surface area contributed by atoms with Gasteiger partial charge in [-0.05, 0) is 6.07 Å². The third kappa shape index (κ3) is 2.20. The number of aromatic carboxylic acids is 1. The van der Waals surface area contributed by atoms with E-state index < -0.39 is 10.9 Å². The molecule has 8 nitrogen and oxygen atoms in total. The van der Waals surface area contributed by atoms with E-state index in [0.29, 0.717) is 19.6 Å². The Labute approximate surface area is 119 Å². The van der Waals surface area contributed by atoms with Crippen molar-refractivity contribution in [3.8, 4) is 0 Å². The first kappa shape index (κ1) is 13.1. The number of benzene rings is 1. The summed E-state index contributed by atoms with van der Waals surface area (Å²) in [7, 11) is 0. The Kier molecular flexibility index (Phi) is 3.05. The van der Waals surface area contributed by atoms with Crippen LogP contribution in [-0.4, -0.2) is 32.1 Å². The van der Waals surface area contributed by atoms with Gasteiger partial charge in [0.1, 0.15) is 11.5 Å². The lowest BCUT2D eigenvalue weighted by Gasteiger charge is -2.30. The molecule has 1 aromatic carbocycles. The van der Waals surface area contributed by atoms with E-state index in [9.17, 15) is 20.0 Å². The Morgan fingerprint density at radius 3 is 2.90 bits per heavy atom. The molecule has 1 aromatic heterocycles. The van der Waals surface area contributed by atoms with Gasteiger partial charge in [-0.2, -0.15) is 0 Å². The Bertz CT molecular complexity index is 692. The van der Waals surface area contributed by atoms with Crippen LogP contribution in [0.2, 0.25) is 0 Å². The highest BCUT2D eigenvalue weighted by Gasteiger charge is 2.28. The summed E-state index contributed by atoms with van der Waals surface area (Å²) >= 11 is 0. The van der Waals surface area contributed by atoms with Gasteiger partial charge in [-0.15, -0.1) is 0 Å². The second kappa shape index (κ2) is 4.89. The molecule has 1 aliphatic heterocycles. The van der Waals surface area contributed by atoms with E-state index in [2.05, 4.69) is 4.98 Å². The SMILES string of the molecule is O=C(O)c1cccc([N+](=O)[O-])c1N1CCn2ccnc2C1. The predicted molar refractivity (Wildman–Crippen MR) is 73.3 cm³/mol. The monoisotopic (exact) mass is 288 g/mol. The van der Waals surface area contributed by atoms with Crippen molar-refractivity contribution in [3.63, 3.8) is 0 Å². The molecule has 108 valence electrons. The van der Waals surface area contributed by atoms with Crippen LogP contribution in [0.1, 0.15) is 16.2 Å². The molecular formula is C13H12N4O4. The predicted octanol–water partition coefficient (Wildman–Crippen LogP) is 1.51. The molecule has 0 atom stereocenters. The van der Waals surface area contributed by atoms with Crippen molar-refractivity contribution in [2.45, 2.75) is 13.1 Å². The number of nitrogens with zero attached hydrogens (tertiary/aromatic N) is 4. The van der Waals surface area contributed by atoms with E-state index >= 15 is 0 Å². The summed E-state index contributed by atoms with van der Waals surface area (Å²) < 4.78 is 1.95. The van der Waals surface area contributed by atoms with Crippen molar-refractivity contribution in [3.05, 3.63) is 52.1 Å². The topological polar surface area (TPSA) is 101 Å². The molecule has 0 fully saturated rings. The van der Waals surface area contributed by atoms with Gasteiger partial charge in [0, 0.05) is 31.5 Å². The molecule has 1 aliphatic rings. The third-order valence-electron chi connectivity index (χ3n) is 3.50. The zero-order valence-corrected chi connectivity index (χ0v) is 11.0. The van der Waals surface area contributed by atoms with E-state index in [4.69, 9.17) is 0 Å². The van der Waals surface area contributed by atoms with Crippen LogP contribution in [0.4, 0.5) is 11.4 Å². The number of carboxylic acid groups (broad SMARTS) is 1. The second-order valence-corrected chi connectivity index (χ2v) is 4.69. The maximum absolute atomic E-state index is 11.4. The van der Waals surface area contributed by atoms with E-state index in [0.717, 1.165) is 5.82 Å². The quantitative estimate of drug-likeness (QED) is 0.678. The highest BCUT2D eigenvalue weighted by molar-refractivity contribution is 5.97. The summed E-state index contributed by atoms with van der Waals surface area (Å²) in [5, 5.41) is 20.5. The maximum atomic E-state index is 11.4. The van der Waals surface area contributed by atoms with Crippen molar-refractivity contribution in [2.75, 3.05) is 11.4 Å². The smallest absolute Gasteiger partial charge is 0.338 e. The van der Waals surface area contributed by atoms with Gasteiger partial charge in [-0.25, -0.2) is 9.78 Å². The Morgan fingerprint density at radius 2 is 2.19 bits per heavy atom. The number of nitro benzene ring substituents is 1. The summed E-state index contributed by atoms with van der Waals surface area (Å²) in [6, 6.07) is 4.09. The van der Waals surface area contributed by atoms with Crippen molar-refractivity contribution in [1.29, 1.82) is 0 Å². The summed E-state index contributed by atoms with van der Waals surface area (Å²) in [4.78, 5) is 27.9. The van der Waals surface area contributed by atoms with E-state index in [-0.39, 0.29) is 16.9 Å². The number of anilines is 1. The first-order valence-corrected chi connectivity index (χ1v) is 6.33. The fraction of sp³-hybridized carbons (Fsp3) is 0.231. The Hall–Kier alpha value is -2.90. The molecule has 21 heavy (non-hydrogen) atoms. The van der Waals surface area contributed by atoms with Gasteiger partial charge < -0.3 is 14.6 Å². The fourth-order valence-electron chi connectivity index (χ4n) is 2.55. The number of rotatable bonds is 3. The van der Waals surface area contributed by atoms with Gasteiger partial charge in [0.05, 0.1) is 17.0 Å². The lowest BCUT2D eigenvalue weighted by atomic mass is 10.1. The van der Waals surface area contributed by atoms with Crippen LogP contribution in [0.5, 0.6) is 0 Å². The molecule has 0 aliphatic carbocycles. The molecule has 3 rings (SSSR count). The van der Waals surface area contributed by atoms with Crippen LogP contribution >= 0.6 is 0 Å². The minimum absolute atomic E-state index is 0.0655. The maximum Gasteiger partial charge on any atom is 0.338 e. The molecule has 1 N–H and O–H groups in total. The van der Waals surface area contributed by atoms with Crippen LogP contribution in [0.3, 0.4) is 0 Å². The lowest BCUT2D eigenvalue weighted by molar-refractivity contribution is -0.384. The van der Waals surface area contributed by atoms with Crippen LogP contribution in [-0.2, 0) is 13.1 Å². The number of para-hydroxylation sites is 1. The first-order valence-electron chi connectivity index (χ1n) is 6.33. The molecule has 8 heteroatoms. The summed E-state index contributed by atoms with van der Waals surface area (Å²) in [5.74, 6) is -0.418. The second-order valence-electron chi connectivity index (χ2n) is 4.69. The Balaban J connectivity index is 2.09. The zero-order chi connectivity index (χ0) is 15.0. The molecule has 2 aromatic rings. The van der Waals surface area contributed by atoms with Gasteiger partial charge >= 0.3 is 5.97 Å². The highest BCUT2D eigenvalue weighted by Crippen LogP contribution is 2.34. The van der Waals surface area contributed by atoms with Crippen molar-refractivity contribution in [1.82, 2.24) is 9.55 Å². The number of aromatic nitrogens is 2. The van der Waals surface area contributed by atoms with Gasteiger partial charge in [0.15, 0.2) is 0 Å². The average molecular weight is 288 g/mol. The molecule has 0 spiro atoms. The van der Waals surface area contributed by atoms with Gasteiger partial charge in [-0.3, -0.25) is 10.1 Å². The van der Waals surface area contributed by atoms with E-state index in [1.807, 2.05) is 10.8 Å². The zero-order valence-electron chi connectivity index (χ0n) is 11.0. The number of imidazole rings is 1. The molecule has 0 unspecified atom stereocenters. The van der Waals surface area contributed by atoms with Gasteiger partial charge in [0.25, 0.3) is 5.69 Å².